The Bertz CT molecular complexity index is 631. The van der Waals surface area contributed by atoms with Crippen molar-refractivity contribution in [1.82, 2.24) is 4.98 Å². The van der Waals surface area contributed by atoms with Gasteiger partial charge in [-0.3, -0.25) is 0 Å². The summed E-state index contributed by atoms with van der Waals surface area (Å²) in [5.74, 6) is 6.05. The van der Waals surface area contributed by atoms with Crippen LogP contribution in [0.3, 0.4) is 0 Å². The molecular weight excluding hydrogens is 282 g/mol. The highest BCUT2D eigenvalue weighted by Crippen LogP contribution is 2.25. The van der Waals surface area contributed by atoms with E-state index in [-0.39, 0.29) is 12.6 Å². The van der Waals surface area contributed by atoms with Crippen LogP contribution in [0.1, 0.15) is 26.2 Å². The molecule has 0 fully saturated rings. The summed E-state index contributed by atoms with van der Waals surface area (Å²) in [7, 11) is 0. The Hall–Kier alpha value is -2.34. The zero-order valence-corrected chi connectivity index (χ0v) is 12.7. The van der Waals surface area contributed by atoms with Gasteiger partial charge in [0, 0.05) is 5.39 Å². The number of fused-ring (bicyclic) bond motifs is 1. The van der Waals surface area contributed by atoms with Gasteiger partial charge in [-0.25, -0.2) is 15.6 Å². The van der Waals surface area contributed by atoms with Gasteiger partial charge in [0.25, 0.3) is 0 Å². The molecule has 1 aromatic heterocycles. The Morgan fingerprint density at radius 3 is 2.91 bits per heavy atom. The number of nitrogen functional groups attached to an aromatic ring is 1. The van der Waals surface area contributed by atoms with Gasteiger partial charge >= 0.3 is 5.97 Å². The Balaban J connectivity index is 1.97. The third-order valence-corrected chi connectivity index (χ3v) is 3.19. The minimum Gasteiger partial charge on any atom is -0.480 e. The highest BCUT2D eigenvalue weighted by molar-refractivity contribution is 5.86. The molecule has 0 bridgehead atoms. The predicted molar refractivity (Wildman–Crippen MR) is 85.5 cm³/mol. The van der Waals surface area contributed by atoms with E-state index in [1.54, 1.807) is 12.1 Å². The highest BCUT2D eigenvalue weighted by atomic mass is 16.6. The van der Waals surface area contributed by atoms with Gasteiger partial charge in [0.05, 0.1) is 6.61 Å². The molecule has 118 valence electrons. The molecule has 0 atom stereocenters. The van der Waals surface area contributed by atoms with Crippen molar-refractivity contribution in [3.8, 4) is 5.75 Å². The Kier molecular flexibility index (Phi) is 5.97. The van der Waals surface area contributed by atoms with Gasteiger partial charge in [-0.05, 0) is 24.6 Å². The number of hydrogen-bond acceptors (Lipinski definition) is 6. The summed E-state index contributed by atoms with van der Waals surface area (Å²) >= 11 is 0. The fraction of sp³-hybridized carbons (Fsp3) is 0.375. The number of rotatable bonds is 8. The zero-order chi connectivity index (χ0) is 15.8. The van der Waals surface area contributed by atoms with Crippen molar-refractivity contribution in [1.29, 1.82) is 0 Å². The first-order valence-corrected chi connectivity index (χ1v) is 7.39. The van der Waals surface area contributed by atoms with Gasteiger partial charge < -0.3 is 14.9 Å². The van der Waals surface area contributed by atoms with Gasteiger partial charge in [0.2, 0.25) is 0 Å². The molecule has 2 rings (SSSR count). The van der Waals surface area contributed by atoms with E-state index in [4.69, 9.17) is 15.3 Å². The topological polar surface area (TPSA) is 86.5 Å². The predicted octanol–water partition coefficient (Wildman–Crippen LogP) is 2.63. The number of esters is 1. The van der Waals surface area contributed by atoms with Crippen molar-refractivity contribution in [3.63, 3.8) is 0 Å². The number of nitrogens with one attached hydrogen (secondary N) is 1. The average Bonchev–Trinajstić information content (AvgIpc) is 2.56. The van der Waals surface area contributed by atoms with Crippen LogP contribution in [-0.2, 0) is 9.53 Å². The van der Waals surface area contributed by atoms with Crippen LogP contribution < -0.4 is 16.0 Å². The first-order valence-electron chi connectivity index (χ1n) is 7.39. The van der Waals surface area contributed by atoms with Crippen molar-refractivity contribution in [2.75, 3.05) is 18.6 Å². The Labute approximate surface area is 129 Å². The molecule has 6 heteroatoms. The normalized spacial score (nSPS) is 10.5. The lowest BCUT2D eigenvalue weighted by Crippen LogP contribution is -2.15. The molecule has 0 radical (unpaired) electrons. The van der Waals surface area contributed by atoms with E-state index in [0.717, 1.165) is 24.6 Å². The number of anilines is 1. The van der Waals surface area contributed by atoms with Crippen LogP contribution in [0.5, 0.6) is 5.75 Å². The molecule has 1 heterocycles. The summed E-state index contributed by atoms with van der Waals surface area (Å²) < 4.78 is 10.6. The molecule has 0 saturated carbocycles. The van der Waals surface area contributed by atoms with Crippen molar-refractivity contribution in [3.05, 3.63) is 30.3 Å². The van der Waals surface area contributed by atoms with Crippen LogP contribution >= 0.6 is 0 Å². The maximum atomic E-state index is 11.6. The van der Waals surface area contributed by atoms with E-state index in [2.05, 4.69) is 17.3 Å². The lowest BCUT2D eigenvalue weighted by Gasteiger charge is -2.09. The largest absolute Gasteiger partial charge is 0.480 e. The van der Waals surface area contributed by atoms with Crippen molar-refractivity contribution in [2.45, 2.75) is 26.2 Å². The van der Waals surface area contributed by atoms with Crippen molar-refractivity contribution in [2.24, 2.45) is 5.84 Å². The van der Waals surface area contributed by atoms with E-state index in [9.17, 15) is 4.79 Å². The summed E-state index contributed by atoms with van der Waals surface area (Å²) in [6.45, 7) is 2.40. The van der Waals surface area contributed by atoms with Crippen LogP contribution in [0.25, 0.3) is 10.9 Å². The number of carbonyl (C=O) groups is 1. The minimum absolute atomic E-state index is 0.132. The Morgan fingerprint density at radius 1 is 1.27 bits per heavy atom. The lowest BCUT2D eigenvalue weighted by atomic mass is 10.2. The third-order valence-electron chi connectivity index (χ3n) is 3.19. The summed E-state index contributed by atoms with van der Waals surface area (Å²) in [4.78, 5) is 16.0. The number of nitrogens with two attached hydrogens (primary N) is 1. The molecule has 22 heavy (non-hydrogen) atoms. The molecule has 0 unspecified atom stereocenters. The third kappa shape index (κ3) is 4.33. The number of ether oxygens (including phenoxy) is 2. The SMILES string of the molecule is CCCCCOC(=O)COc1cccc2ccc(NN)nc12. The second-order valence-corrected chi connectivity index (χ2v) is 4.88. The van der Waals surface area contributed by atoms with E-state index >= 15 is 0 Å². The smallest absolute Gasteiger partial charge is 0.344 e. The molecule has 0 amide bonds. The number of hydrogen-bond donors (Lipinski definition) is 2. The first-order chi connectivity index (χ1) is 10.7. The van der Waals surface area contributed by atoms with E-state index < -0.39 is 0 Å². The molecule has 0 spiro atoms. The molecule has 0 aliphatic rings. The number of carbonyl (C=O) groups excluding carboxylic acids is 1. The lowest BCUT2D eigenvalue weighted by molar-refractivity contribution is -0.146. The molecule has 0 aliphatic carbocycles. The second kappa shape index (κ2) is 8.19. The Morgan fingerprint density at radius 2 is 2.14 bits per heavy atom. The van der Waals surface area contributed by atoms with Crippen LogP contribution in [-0.4, -0.2) is 24.2 Å². The van der Waals surface area contributed by atoms with Crippen molar-refractivity contribution < 1.29 is 14.3 Å². The first kappa shape index (κ1) is 16.0. The van der Waals surface area contributed by atoms with Crippen LogP contribution in [0.4, 0.5) is 5.82 Å². The van der Waals surface area contributed by atoms with E-state index in [0.29, 0.717) is 23.7 Å². The van der Waals surface area contributed by atoms with Crippen LogP contribution in [0.2, 0.25) is 0 Å². The molecule has 2 aromatic rings. The van der Waals surface area contributed by atoms with Gasteiger partial charge in [-0.15, -0.1) is 0 Å². The van der Waals surface area contributed by atoms with Crippen LogP contribution in [0.15, 0.2) is 30.3 Å². The number of aromatic nitrogens is 1. The molecule has 0 saturated heterocycles. The van der Waals surface area contributed by atoms with Gasteiger partial charge in [0.1, 0.15) is 17.1 Å². The summed E-state index contributed by atoms with van der Waals surface area (Å²) in [6.07, 6.45) is 3.02. The molecular formula is C16H21N3O3. The zero-order valence-electron chi connectivity index (χ0n) is 12.7. The molecule has 1 aromatic carbocycles. The number of benzene rings is 1. The maximum Gasteiger partial charge on any atom is 0.344 e. The quantitative estimate of drug-likeness (QED) is 0.337. The van der Waals surface area contributed by atoms with Crippen molar-refractivity contribution >= 4 is 22.7 Å². The maximum absolute atomic E-state index is 11.6. The number of pyridine rings is 1. The minimum atomic E-state index is -0.374. The average molecular weight is 303 g/mol. The standard InChI is InChI=1S/C16H21N3O3/c1-2-3-4-10-21-15(20)11-22-13-7-5-6-12-8-9-14(19-17)18-16(12)13/h5-9H,2-4,10-11,17H2,1H3,(H,18,19). The molecule has 3 N–H and O–H groups in total. The molecule has 6 nitrogen and oxygen atoms in total. The summed E-state index contributed by atoms with van der Waals surface area (Å²) in [5, 5.41) is 0.910. The van der Waals surface area contributed by atoms with E-state index in [1.165, 1.54) is 0 Å². The van der Waals surface area contributed by atoms with Crippen LogP contribution in [0, 0.1) is 0 Å². The summed E-state index contributed by atoms with van der Waals surface area (Å²) in [6, 6.07) is 9.18. The monoisotopic (exact) mass is 303 g/mol. The number of para-hydroxylation sites is 1. The number of nitrogens with zero attached hydrogens (tertiary/aromatic N) is 1. The molecule has 0 aliphatic heterocycles. The fourth-order valence-corrected chi connectivity index (χ4v) is 2.03. The second-order valence-electron chi connectivity index (χ2n) is 4.88. The van der Waals surface area contributed by atoms with Gasteiger partial charge in [-0.2, -0.15) is 0 Å². The number of hydrazine groups is 1. The van der Waals surface area contributed by atoms with Gasteiger partial charge in [0.15, 0.2) is 6.61 Å². The number of unbranched alkanes of at least 4 members (excludes halogenated alkanes) is 2. The summed E-state index contributed by atoms with van der Waals surface area (Å²) in [5.41, 5.74) is 3.14. The van der Waals surface area contributed by atoms with Gasteiger partial charge in [-0.1, -0.05) is 31.9 Å². The highest BCUT2D eigenvalue weighted by Gasteiger charge is 2.08. The fourth-order valence-electron chi connectivity index (χ4n) is 2.03. The van der Waals surface area contributed by atoms with E-state index in [1.807, 2.05) is 18.2 Å².